The van der Waals surface area contributed by atoms with Gasteiger partial charge in [-0.2, -0.15) is 23.5 Å². The second-order valence-electron chi connectivity index (χ2n) is 6.63. The number of methoxy groups -OCH3 is 1. The monoisotopic (exact) mass is 477 g/mol. The second-order valence-corrected chi connectivity index (χ2v) is 7.44. The molecule has 2 rings (SSSR count). The molecular formula is C18H16Cl2F3N5O3. The predicted molar refractivity (Wildman–Crippen MR) is 107 cm³/mol. The van der Waals surface area contributed by atoms with Crippen LogP contribution in [0, 0.1) is 11.3 Å². The number of hydrogen-bond donors (Lipinski definition) is 1. The molecule has 13 heteroatoms. The number of aromatic nitrogens is 2. The van der Waals surface area contributed by atoms with Gasteiger partial charge in [-0.05, 0) is 19.1 Å². The molecule has 0 saturated heterocycles. The number of hydrogen-bond acceptors (Lipinski definition) is 6. The van der Waals surface area contributed by atoms with Crippen LogP contribution in [-0.4, -0.2) is 53.3 Å². The third kappa shape index (κ3) is 4.76. The highest BCUT2D eigenvalue weighted by Gasteiger charge is 2.42. The number of ether oxygens (including phenoxy) is 1. The van der Waals surface area contributed by atoms with E-state index in [4.69, 9.17) is 23.2 Å². The molecule has 8 nitrogen and oxygen atoms in total. The van der Waals surface area contributed by atoms with E-state index in [1.54, 1.807) is 20.2 Å². The van der Waals surface area contributed by atoms with Gasteiger partial charge in [-0.15, -0.1) is 0 Å². The molecule has 31 heavy (non-hydrogen) atoms. The summed E-state index contributed by atoms with van der Waals surface area (Å²) in [6, 6.07) is 2.99. The average Bonchev–Trinajstić information content (AvgIpc) is 3.03. The first-order chi connectivity index (χ1) is 14.2. The Morgan fingerprint density at radius 3 is 2.32 bits per heavy atom. The molecule has 0 aliphatic carbocycles. The highest BCUT2D eigenvalue weighted by Crippen LogP contribution is 2.41. The molecular weight excluding hydrogens is 462 g/mol. The number of benzene rings is 1. The van der Waals surface area contributed by atoms with Crippen LogP contribution in [0.3, 0.4) is 0 Å². The zero-order chi connectivity index (χ0) is 23.7. The molecule has 1 atom stereocenters. The molecule has 0 aliphatic rings. The van der Waals surface area contributed by atoms with E-state index in [9.17, 15) is 28.3 Å². The lowest BCUT2D eigenvalue weighted by atomic mass is 9.95. The number of rotatable bonds is 5. The van der Waals surface area contributed by atoms with Crippen LogP contribution in [0.15, 0.2) is 17.1 Å². The standard InChI is InChI=1S/C18H16Cl2F3N5O3/c1-17(30,16(29)31-4)13-12(7-24)26-28(15(13)25-8-27(2)3)14-10(19)5-9(6-11(14)20)18(21,22)23/h5-6,8,30H,1-4H3. The smallest absolute Gasteiger partial charge is 0.416 e. The summed E-state index contributed by atoms with van der Waals surface area (Å²) in [6.45, 7) is 1.06. The van der Waals surface area contributed by atoms with Gasteiger partial charge in [0, 0.05) is 14.1 Å². The molecule has 0 bridgehead atoms. The van der Waals surface area contributed by atoms with Gasteiger partial charge in [0.25, 0.3) is 0 Å². The summed E-state index contributed by atoms with van der Waals surface area (Å²) >= 11 is 12.1. The Morgan fingerprint density at radius 2 is 1.90 bits per heavy atom. The summed E-state index contributed by atoms with van der Waals surface area (Å²) in [6.07, 6.45) is -3.45. The minimum absolute atomic E-state index is 0.231. The van der Waals surface area contributed by atoms with E-state index in [1.807, 2.05) is 0 Å². The van der Waals surface area contributed by atoms with Crippen LogP contribution in [0.4, 0.5) is 19.0 Å². The van der Waals surface area contributed by atoms with Crippen LogP contribution in [0.5, 0.6) is 0 Å². The van der Waals surface area contributed by atoms with E-state index in [0.717, 1.165) is 18.7 Å². The zero-order valence-corrected chi connectivity index (χ0v) is 18.1. The highest BCUT2D eigenvalue weighted by atomic mass is 35.5. The van der Waals surface area contributed by atoms with Crippen molar-refractivity contribution in [2.75, 3.05) is 21.2 Å². The predicted octanol–water partition coefficient (Wildman–Crippen LogP) is 3.67. The summed E-state index contributed by atoms with van der Waals surface area (Å²) in [7, 11) is 4.26. The van der Waals surface area contributed by atoms with Crippen molar-refractivity contribution >= 4 is 41.3 Å². The van der Waals surface area contributed by atoms with Crippen molar-refractivity contribution in [1.29, 1.82) is 5.26 Å². The normalized spacial score (nSPS) is 13.7. The molecule has 0 amide bonds. The molecule has 0 radical (unpaired) electrons. The van der Waals surface area contributed by atoms with Gasteiger partial charge >= 0.3 is 12.1 Å². The van der Waals surface area contributed by atoms with Gasteiger partial charge in [0.05, 0.1) is 34.6 Å². The molecule has 0 aliphatic heterocycles. The minimum atomic E-state index is -4.71. The van der Waals surface area contributed by atoms with Gasteiger partial charge in [-0.3, -0.25) is 0 Å². The zero-order valence-electron chi connectivity index (χ0n) is 16.6. The van der Waals surface area contributed by atoms with Crippen LogP contribution < -0.4 is 0 Å². The first-order valence-corrected chi connectivity index (χ1v) is 9.12. The summed E-state index contributed by atoms with van der Waals surface area (Å²) in [5, 5.41) is 23.4. The van der Waals surface area contributed by atoms with Crippen molar-refractivity contribution in [2.45, 2.75) is 18.7 Å². The lowest BCUT2D eigenvalue weighted by molar-refractivity contribution is -0.161. The summed E-state index contributed by atoms with van der Waals surface area (Å²) in [5.74, 6) is -1.38. The molecule has 1 heterocycles. The van der Waals surface area contributed by atoms with Gasteiger partial charge in [0.15, 0.2) is 17.1 Å². The first-order valence-electron chi connectivity index (χ1n) is 8.37. The fourth-order valence-electron chi connectivity index (χ4n) is 2.61. The van der Waals surface area contributed by atoms with Gasteiger partial charge in [-0.1, -0.05) is 23.2 Å². The Kier molecular flexibility index (Phi) is 6.90. The summed E-state index contributed by atoms with van der Waals surface area (Å²) < 4.78 is 44.7. The van der Waals surface area contributed by atoms with Crippen LogP contribution in [0.25, 0.3) is 5.69 Å². The maximum atomic E-state index is 13.1. The first kappa shape index (κ1) is 24.5. The molecule has 0 saturated carbocycles. The van der Waals surface area contributed by atoms with E-state index < -0.39 is 39.0 Å². The van der Waals surface area contributed by atoms with Crippen molar-refractivity contribution in [3.63, 3.8) is 0 Å². The van der Waals surface area contributed by atoms with Gasteiger partial charge < -0.3 is 14.7 Å². The van der Waals surface area contributed by atoms with E-state index in [-0.39, 0.29) is 17.1 Å². The molecule has 1 aromatic carbocycles. The molecule has 166 valence electrons. The maximum Gasteiger partial charge on any atom is 0.416 e. The van der Waals surface area contributed by atoms with Crippen LogP contribution in [-0.2, 0) is 21.3 Å². The fraction of sp³-hybridized carbons (Fsp3) is 0.333. The van der Waals surface area contributed by atoms with Crippen LogP contribution in [0.2, 0.25) is 10.0 Å². The second kappa shape index (κ2) is 8.74. The number of aliphatic imine (C=N–C) groups is 1. The Labute approximate surface area is 185 Å². The van der Waals surface area contributed by atoms with E-state index in [2.05, 4.69) is 14.8 Å². The number of alkyl halides is 3. The third-order valence-electron chi connectivity index (χ3n) is 4.00. The van der Waals surface area contributed by atoms with Crippen LogP contribution in [0.1, 0.15) is 23.7 Å². The number of nitrogens with zero attached hydrogens (tertiary/aromatic N) is 5. The fourth-order valence-corrected chi connectivity index (χ4v) is 3.26. The highest BCUT2D eigenvalue weighted by molar-refractivity contribution is 6.38. The average molecular weight is 478 g/mol. The number of halogens is 5. The topological polar surface area (TPSA) is 104 Å². The largest absolute Gasteiger partial charge is 0.467 e. The van der Waals surface area contributed by atoms with E-state index in [0.29, 0.717) is 12.1 Å². The number of carbonyl (C=O) groups is 1. The third-order valence-corrected chi connectivity index (χ3v) is 4.58. The molecule has 1 aromatic heterocycles. The Bertz CT molecular complexity index is 1070. The minimum Gasteiger partial charge on any atom is -0.467 e. The van der Waals surface area contributed by atoms with Crippen molar-refractivity contribution < 1.29 is 27.8 Å². The number of aliphatic hydroxyl groups is 1. The molecule has 2 aromatic rings. The number of esters is 1. The lowest BCUT2D eigenvalue weighted by Gasteiger charge is -2.20. The van der Waals surface area contributed by atoms with E-state index in [1.165, 1.54) is 11.2 Å². The number of nitriles is 1. The molecule has 0 spiro atoms. The summed E-state index contributed by atoms with van der Waals surface area (Å²) in [5.41, 5.74) is -4.48. The van der Waals surface area contributed by atoms with Gasteiger partial charge in [0.2, 0.25) is 0 Å². The SMILES string of the molecule is COC(=O)C(C)(O)c1c(C#N)nn(-c2c(Cl)cc(C(F)(F)F)cc2Cl)c1N=CN(C)C. The van der Waals surface area contributed by atoms with Gasteiger partial charge in [-0.25, -0.2) is 14.5 Å². The Morgan fingerprint density at radius 1 is 1.35 bits per heavy atom. The van der Waals surface area contributed by atoms with Crippen molar-refractivity contribution in [3.05, 3.63) is 39.0 Å². The Hall–Kier alpha value is -2.81. The Balaban J connectivity index is 2.93. The quantitative estimate of drug-likeness (QED) is 0.400. The van der Waals surface area contributed by atoms with Crippen LogP contribution >= 0.6 is 23.2 Å². The van der Waals surface area contributed by atoms with E-state index >= 15 is 0 Å². The molecule has 1 N–H and O–H groups in total. The van der Waals surface area contributed by atoms with Crippen molar-refractivity contribution in [1.82, 2.24) is 14.7 Å². The lowest BCUT2D eigenvalue weighted by Crippen LogP contribution is -2.34. The molecule has 1 unspecified atom stereocenters. The van der Waals surface area contributed by atoms with Crippen molar-refractivity contribution in [2.24, 2.45) is 4.99 Å². The summed E-state index contributed by atoms with van der Waals surface area (Å²) in [4.78, 5) is 17.8. The van der Waals surface area contributed by atoms with Gasteiger partial charge in [0.1, 0.15) is 11.8 Å². The molecule has 0 fully saturated rings. The van der Waals surface area contributed by atoms with Crippen molar-refractivity contribution in [3.8, 4) is 11.8 Å². The maximum absolute atomic E-state index is 13.1. The number of carbonyl (C=O) groups excluding carboxylic acids is 1.